The lowest BCUT2D eigenvalue weighted by molar-refractivity contribution is 0.0730. The fourth-order valence-electron chi connectivity index (χ4n) is 3.61. The largest absolute Gasteiger partial charge is 0.494 e. The average Bonchev–Trinajstić information content (AvgIpc) is 3.13. The van der Waals surface area contributed by atoms with Crippen molar-refractivity contribution in [3.63, 3.8) is 0 Å². The number of methoxy groups -OCH3 is 1. The zero-order chi connectivity index (χ0) is 23.6. The number of rotatable bonds is 7. The normalized spacial score (nSPS) is 14.6. The summed E-state index contributed by atoms with van der Waals surface area (Å²) in [5, 5.41) is 13.9. The van der Waals surface area contributed by atoms with Gasteiger partial charge in [-0.2, -0.15) is 4.31 Å². The van der Waals surface area contributed by atoms with E-state index in [0.717, 1.165) is 0 Å². The summed E-state index contributed by atoms with van der Waals surface area (Å²) in [6, 6.07) is 6.34. The molecule has 0 atom stereocenters. The number of pyridine rings is 1. The van der Waals surface area contributed by atoms with Crippen LogP contribution < -0.4 is 5.32 Å². The summed E-state index contributed by atoms with van der Waals surface area (Å²) in [4.78, 5) is 19.8. The van der Waals surface area contributed by atoms with Crippen LogP contribution in [0.3, 0.4) is 0 Å². The van der Waals surface area contributed by atoms with Crippen LogP contribution >= 0.6 is 28.3 Å². The highest BCUT2D eigenvalue weighted by Crippen LogP contribution is 2.38. The number of aromatic amines is 1. The highest BCUT2D eigenvalue weighted by molar-refractivity contribution is 9.10. The van der Waals surface area contributed by atoms with E-state index in [0.29, 0.717) is 58.6 Å². The number of aromatic hydroxyl groups is 1. The fraction of sp³-hybridized carbons (Fsp3) is 0.333. The minimum absolute atomic E-state index is 0. The topological polar surface area (TPSA) is 134 Å². The molecule has 0 spiro atoms. The van der Waals surface area contributed by atoms with E-state index in [-0.39, 0.29) is 42.2 Å². The third-order valence-corrected chi connectivity index (χ3v) is 7.84. The van der Waals surface area contributed by atoms with Crippen molar-refractivity contribution < 1.29 is 27.8 Å². The maximum absolute atomic E-state index is 12.8. The van der Waals surface area contributed by atoms with Crippen LogP contribution in [0.2, 0.25) is 0 Å². The van der Waals surface area contributed by atoms with E-state index in [9.17, 15) is 18.3 Å². The van der Waals surface area contributed by atoms with Crippen LogP contribution in [-0.2, 0) is 19.5 Å². The van der Waals surface area contributed by atoms with Gasteiger partial charge in [0.15, 0.2) is 5.88 Å². The van der Waals surface area contributed by atoms with Gasteiger partial charge < -0.3 is 24.9 Å². The highest BCUT2D eigenvalue weighted by atomic mass is 79.9. The Hall–Kier alpha value is -2.22. The molecule has 13 heteroatoms. The summed E-state index contributed by atoms with van der Waals surface area (Å²) in [7, 11) is -2.13. The summed E-state index contributed by atoms with van der Waals surface area (Å²) in [6.07, 6.45) is 1.27. The molecule has 2 aromatic heterocycles. The van der Waals surface area contributed by atoms with Crippen molar-refractivity contribution in [1.29, 1.82) is 0 Å². The molecule has 184 valence electrons. The molecule has 0 saturated carbocycles. The van der Waals surface area contributed by atoms with Crippen molar-refractivity contribution in [1.82, 2.24) is 19.6 Å². The first-order valence-electron chi connectivity index (χ1n) is 10.2. The zero-order valence-corrected chi connectivity index (χ0v) is 21.4. The maximum Gasteiger partial charge on any atom is 0.252 e. The minimum atomic E-state index is -3.68. The number of hydrogen-bond acceptors (Lipinski definition) is 7. The van der Waals surface area contributed by atoms with E-state index in [1.165, 1.54) is 22.6 Å². The third kappa shape index (κ3) is 5.21. The number of carbonyl (C=O) groups is 1. The molecular weight excluding hydrogens is 552 g/mol. The molecule has 1 fully saturated rings. The molecule has 0 bridgehead atoms. The quantitative estimate of drug-likeness (QED) is 0.369. The molecule has 3 aromatic rings. The maximum atomic E-state index is 12.8. The Labute approximate surface area is 211 Å². The van der Waals surface area contributed by atoms with Crippen molar-refractivity contribution in [2.24, 2.45) is 0 Å². The van der Waals surface area contributed by atoms with Gasteiger partial charge in [0.05, 0.1) is 42.2 Å². The SMILES string of the molecule is COCCNC(=O)c1cc2c(-c3ccc(S(=O)(=O)N4CCOCC4)cn3)c(O)[nH]c2cc1Br.Cl. The Balaban J connectivity index is 0.00000324. The van der Waals surface area contributed by atoms with E-state index in [4.69, 9.17) is 9.47 Å². The number of hydrogen-bond donors (Lipinski definition) is 3. The standard InChI is InChI=1S/C21H23BrN4O6S.ClH/c1-31-7-4-23-20(27)14-10-15-18(11-16(14)22)25-21(28)19(15)17-3-2-13(12-24-17)33(29,30)26-5-8-32-9-6-26;/h2-3,10-12,25,28H,4-9H2,1H3,(H,23,27);1H. The van der Waals surface area contributed by atoms with Crippen LogP contribution in [0.5, 0.6) is 5.88 Å². The van der Waals surface area contributed by atoms with Gasteiger partial charge in [0.2, 0.25) is 10.0 Å². The van der Waals surface area contributed by atoms with E-state index in [1.807, 2.05) is 0 Å². The van der Waals surface area contributed by atoms with Gasteiger partial charge in [-0.3, -0.25) is 9.78 Å². The highest BCUT2D eigenvalue weighted by Gasteiger charge is 2.27. The minimum Gasteiger partial charge on any atom is -0.494 e. The number of ether oxygens (including phenoxy) is 2. The molecule has 0 radical (unpaired) electrons. The lowest BCUT2D eigenvalue weighted by Gasteiger charge is -2.25. The first kappa shape index (κ1) is 26.4. The van der Waals surface area contributed by atoms with Gasteiger partial charge in [0, 0.05) is 42.8 Å². The summed E-state index contributed by atoms with van der Waals surface area (Å²) < 4.78 is 37.8. The molecule has 34 heavy (non-hydrogen) atoms. The van der Waals surface area contributed by atoms with Crippen molar-refractivity contribution in [3.05, 3.63) is 40.5 Å². The molecule has 1 aliphatic rings. The number of morpholine rings is 1. The number of amides is 1. The van der Waals surface area contributed by atoms with Gasteiger partial charge in [-0.1, -0.05) is 0 Å². The van der Waals surface area contributed by atoms with Crippen LogP contribution in [0.15, 0.2) is 39.8 Å². The smallest absolute Gasteiger partial charge is 0.252 e. The fourth-order valence-corrected chi connectivity index (χ4v) is 5.49. The predicted octanol–water partition coefficient (Wildman–Crippen LogP) is 2.52. The van der Waals surface area contributed by atoms with Crippen LogP contribution in [0.25, 0.3) is 22.2 Å². The Morgan fingerprint density at radius 3 is 2.71 bits per heavy atom. The van der Waals surface area contributed by atoms with Crippen LogP contribution in [-0.4, -0.2) is 80.3 Å². The summed E-state index contributed by atoms with van der Waals surface area (Å²) in [6.45, 7) is 2.02. The molecular formula is C21H24BrClN4O6S. The monoisotopic (exact) mass is 574 g/mol. The predicted molar refractivity (Wildman–Crippen MR) is 132 cm³/mol. The van der Waals surface area contributed by atoms with E-state index >= 15 is 0 Å². The van der Waals surface area contributed by atoms with E-state index in [1.54, 1.807) is 19.2 Å². The second-order valence-corrected chi connectivity index (χ2v) is 10.2. The lowest BCUT2D eigenvalue weighted by atomic mass is 10.1. The number of sulfonamides is 1. The zero-order valence-electron chi connectivity index (χ0n) is 18.2. The summed E-state index contributed by atoms with van der Waals surface area (Å²) in [5.41, 5.74) is 1.71. The van der Waals surface area contributed by atoms with Crippen LogP contribution in [0, 0.1) is 0 Å². The molecule has 10 nitrogen and oxygen atoms in total. The third-order valence-electron chi connectivity index (χ3n) is 5.30. The molecule has 1 aliphatic heterocycles. The van der Waals surface area contributed by atoms with Gasteiger partial charge in [-0.25, -0.2) is 8.42 Å². The van der Waals surface area contributed by atoms with Crippen molar-refractivity contribution in [3.8, 4) is 17.1 Å². The van der Waals surface area contributed by atoms with Gasteiger partial charge >= 0.3 is 0 Å². The number of nitrogens with one attached hydrogen (secondary N) is 2. The first-order valence-corrected chi connectivity index (χ1v) is 12.4. The number of fused-ring (bicyclic) bond motifs is 1. The van der Waals surface area contributed by atoms with Gasteiger partial charge in [0.25, 0.3) is 5.91 Å². The average molecular weight is 576 g/mol. The number of benzene rings is 1. The molecule has 3 heterocycles. The van der Waals surface area contributed by atoms with Crippen molar-refractivity contribution >= 4 is 55.2 Å². The summed E-state index contributed by atoms with van der Waals surface area (Å²) >= 11 is 3.40. The molecule has 0 aliphatic carbocycles. The number of carbonyl (C=O) groups excluding carboxylic acids is 1. The Morgan fingerprint density at radius 1 is 1.32 bits per heavy atom. The Kier molecular flexibility index (Phi) is 8.55. The number of nitrogens with zero attached hydrogens (tertiary/aromatic N) is 2. The molecule has 4 rings (SSSR count). The number of H-pyrrole nitrogens is 1. The summed E-state index contributed by atoms with van der Waals surface area (Å²) in [5.74, 6) is -0.433. The van der Waals surface area contributed by atoms with Crippen molar-refractivity contribution in [2.45, 2.75) is 4.90 Å². The Morgan fingerprint density at radius 2 is 2.06 bits per heavy atom. The lowest BCUT2D eigenvalue weighted by Crippen LogP contribution is -2.40. The Bertz CT molecular complexity index is 1280. The van der Waals surface area contributed by atoms with Crippen LogP contribution in [0.1, 0.15) is 10.4 Å². The van der Waals surface area contributed by atoms with E-state index in [2.05, 4.69) is 31.2 Å². The molecule has 1 amide bonds. The van der Waals surface area contributed by atoms with E-state index < -0.39 is 10.0 Å². The molecule has 1 saturated heterocycles. The second-order valence-electron chi connectivity index (χ2n) is 7.37. The van der Waals surface area contributed by atoms with Gasteiger partial charge in [0.1, 0.15) is 4.90 Å². The molecule has 3 N–H and O–H groups in total. The number of halogens is 2. The molecule has 1 aromatic carbocycles. The second kappa shape index (κ2) is 11.0. The van der Waals surface area contributed by atoms with Gasteiger partial charge in [-0.05, 0) is 40.2 Å². The molecule has 0 unspecified atom stereocenters. The van der Waals surface area contributed by atoms with Gasteiger partial charge in [-0.15, -0.1) is 12.4 Å². The van der Waals surface area contributed by atoms with Crippen LogP contribution in [0.4, 0.5) is 0 Å². The number of aromatic nitrogens is 2. The van der Waals surface area contributed by atoms with Crippen molar-refractivity contribution in [2.75, 3.05) is 46.6 Å². The first-order chi connectivity index (χ1) is 15.8.